The summed E-state index contributed by atoms with van der Waals surface area (Å²) >= 11 is 3.53. The normalized spacial score (nSPS) is 14.3. The molecule has 0 radical (unpaired) electrons. The number of anilines is 1. The molecule has 0 aromatic heterocycles. The van der Waals surface area contributed by atoms with E-state index in [4.69, 9.17) is 0 Å². The van der Waals surface area contributed by atoms with E-state index < -0.39 is 0 Å². The van der Waals surface area contributed by atoms with Crippen LogP contribution in [0.2, 0.25) is 0 Å². The lowest BCUT2D eigenvalue weighted by Gasteiger charge is -2.31. The number of hydrogen-bond acceptors (Lipinski definition) is 2. The first-order chi connectivity index (χ1) is 9.24. The number of aryl methyl sites for hydroxylation is 1. The van der Waals surface area contributed by atoms with Gasteiger partial charge in [-0.15, -0.1) is 0 Å². The van der Waals surface area contributed by atoms with Crippen LogP contribution >= 0.6 is 15.9 Å². The molecule has 2 aromatic rings. The molecule has 3 heteroatoms. The lowest BCUT2D eigenvalue weighted by molar-refractivity contribution is 0.474. The Bertz CT molecular complexity index is 597. The molecule has 0 bridgehead atoms. The van der Waals surface area contributed by atoms with Crippen LogP contribution in [0.25, 0.3) is 0 Å². The number of phenols is 1. The van der Waals surface area contributed by atoms with Crippen molar-refractivity contribution in [1.29, 1.82) is 0 Å². The molecule has 0 saturated heterocycles. The summed E-state index contributed by atoms with van der Waals surface area (Å²) in [4.78, 5) is 2.41. The van der Waals surface area contributed by atoms with Crippen LogP contribution < -0.4 is 4.90 Å². The Morgan fingerprint density at radius 3 is 2.84 bits per heavy atom. The maximum atomic E-state index is 9.46. The summed E-state index contributed by atoms with van der Waals surface area (Å²) < 4.78 is 0.968. The highest BCUT2D eigenvalue weighted by molar-refractivity contribution is 9.10. The van der Waals surface area contributed by atoms with Gasteiger partial charge in [-0.1, -0.05) is 40.2 Å². The number of phenolic OH excluding ortho intramolecular Hbond substituents is 1. The van der Waals surface area contributed by atoms with Gasteiger partial charge in [0.1, 0.15) is 5.75 Å². The summed E-state index contributed by atoms with van der Waals surface area (Å²) in [5.74, 6) is 0.301. The molecule has 0 fully saturated rings. The maximum absolute atomic E-state index is 9.46. The molecule has 0 saturated carbocycles. The van der Waals surface area contributed by atoms with E-state index >= 15 is 0 Å². The van der Waals surface area contributed by atoms with Crippen LogP contribution in [0.3, 0.4) is 0 Å². The number of halogens is 1. The molecule has 3 rings (SSSR count). The first kappa shape index (κ1) is 12.5. The van der Waals surface area contributed by atoms with Crippen LogP contribution in [0.4, 0.5) is 5.69 Å². The van der Waals surface area contributed by atoms with Gasteiger partial charge in [-0.3, -0.25) is 0 Å². The first-order valence-electron chi connectivity index (χ1n) is 6.54. The Balaban J connectivity index is 1.88. The zero-order valence-corrected chi connectivity index (χ0v) is 12.2. The van der Waals surface area contributed by atoms with Gasteiger partial charge in [-0.2, -0.15) is 0 Å². The summed E-state index contributed by atoms with van der Waals surface area (Å²) in [6.07, 6.45) is 2.37. The summed E-state index contributed by atoms with van der Waals surface area (Å²) in [7, 11) is 0. The Morgan fingerprint density at radius 2 is 2.00 bits per heavy atom. The van der Waals surface area contributed by atoms with E-state index in [1.165, 1.54) is 29.7 Å². The molecule has 0 atom stereocenters. The third-order valence-electron chi connectivity index (χ3n) is 3.60. The molecule has 1 N–H and O–H groups in total. The number of rotatable bonds is 2. The van der Waals surface area contributed by atoms with Crippen molar-refractivity contribution in [3.63, 3.8) is 0 Å². The van der Waals surface area contributed by atoms with Crippen molar-refractivity contribution in [3.05, 3.63) is 58.1 Å². The Labute approximate surface area is 121 Å². The standard InChI is InChI=1S/C16H16BrNO/c17-15-10-14(19)8-7-13(15)11-18-9-3-5-12-4-1-2-6-16(12)18/h1-2,4,6-8,10,19H,3,5,9,11H2. The van der Waals surface area contributed by atoms with Crippen LogP contribution in [-0.4, -0.2) is 11.7 Å². The molecule has 0 amide bonds. The number of nitrogens with zero attached hydrogens (tertiary/aromatic N) is 1. The van der Waals surface area contributed by atoms with Gasteiger partial charge in [0.25, 0.3) is 0 Å². The lowest BCUT2D eigenvalue weighted by Crippen LogP contribution is -2.28. The highest BCUT2D eigenvalue weighted by Crippen LogP contribution is 2.30. The first-order valence-corrected chi connectivity index (χ1v) is 7.33. The zero-order chi connectivity index (χ0) is 13.2. The summed E-state index contributed by atoms with van der Waals surface area (Å²) in [6.45, 7) is 1.96. The largest absolute Gasteiger partial charge is 0.508 e. The quantitative estimate of drug-likeness (QED) is 0.901. The van der Waals surface area contributed by atoms with E-state index in [1.54, 1.807) is 12.1 Å². The molecule has 1 aliphatic heterocycles. The van der Waals surface area contributed by atoms with Gasteiger partial charge < -0.3 is 10.0 Å². The van der Waals surface area contributed by atoms with E-state index in [9.17, 15) is 5.11 Å². The molecule has 98 valence electrons. The third kappa shape index (κ3) is 2.61. The molecule has 19 heavy (non-hydrogen) atoms. The monoisotopic (exact) mass is 317 g/mol. The van der Waals surface area contributed by atoms with Gasteiger partial charge in [0.15, 0.2) is 0 Å². The minimum atomic E-state index is 0.301. The zero-order valence-electron chi connectivity index (χ0n) is 10.6. The van der Waals surface area contributed by atoms with Gasteiger partial charge in [-0.05, 0) is 42.2 Å². The Hall–Kier alpha value is -1.48. The second-order valence-electron chi connectivity index (χ2n) is 4.93. The Kier molecular flexibility index (Phi) is 3.47. The number of para-hydroxylation sites is 1. The summed E-state index contributed by atoms with van der Waals surface area (Å²) in [5.41, 5.74) is 3.98. The number of hydrogen-bond donors (Lipinski definition) is 1. The molecular weight excluding hydrogens is 302 g/mol. The average molecular weight is 318 g/mol. The van der Waals surface area contributed by atoms with Crippen molar-refractivity contribution in [2.45, 2.75) is 19.4 Å². The average Bonchev–Trinajstić information content (AvgIpc) is 2.42. The van der Waals surface area contributed by atoms with E-state index in [1.807, 2.05) is 6.07 Å². The van der Waals surface area contributed by atoms with E-state index in [0.29, 0.717) is 5.75 Å². The molecule has 0 aliphatic carbocycles. The highest BCUT2D eigenvalue weighted by atomic mass is 79.9. The fraction of sp³-hybridized carbons (Fsp3) is 0.250. The van der Waals surface area contributed by atoms with E-state index in [-0.39, 0.29) is 0 Å². The number of benzene rings is 2. The predicted octanol–water partition coefficient (Wildman–Crippen LogP) is 4.11. The van der Waals surface area contributed by atoms with Crippen molar-refractivity contribution in [2.24, 2.45) is 0 Å². The van der Waals surface area contributed by atoms with Crippen molar-refractivity contribution in [2.75, 3.05) is 11.4 Å². The Morgan fingerprint density at radius 1 is 1.16 bits per heavy atom. The molecule has 0 spiro atoms. The fourth-order valence-corrected chi connectivity index (χ4v) is 3.14. The summed E-state index contributed by atoms with van der Waals surface area (Å²) in [5, 5.41) is 9.46. The molecule has 2 aromatic carbocycles. The second kappa shape index (κ2) is 5.25. The summed E-state index contributed by atoms with van der Waals surface area (Å²) in [6, 6.07) is 14.1. The van der Waals surface area contributed by atoms with Crippen molar-refractivity contribution >= 4 is 21.6 Å². The maximum Gasteiger partial charge on any atom is 0.116 e. The van der Waals surface area contributed by atoms with Crippen LogP contribution in [0.15, 0.2) is 46.9 Å². The van der Waals surface area contributed by atoms with Gasteiger partial charge in [0.05, 0.1) is 0 Å². The number of fused-ring (bicyclic) bond motifs is 1. The van der Waals surface area contributed by atoms with Crippen LogP contribution in [0, 0.1) is 0 Å². The molecule has 2 nitrogen and oxygen atoms in total. The van der Waals surface area contributed by atoms with E-state index in [0.717, 1.165) is 17.6 Å². The highest BCUT2D eigenvalue weighted by Gasteiger charge is 2.17. The van der Waals surface area contributed by atoms with Gasteiger partial charge in [0, 0.05) is 23.2 Å². The van der Waals surface area contributed by atoms with Crippen molar-refractivity contribution in [3.8, 4) is 5.75 Å². The van der Waals surface area contributed by atoms with Crippen LogP contribution in [0.5, 0.6) is 5.75 Å². The smallest absolute Gasteiger partial charge is 0.116 e. The lowest BCUT2D eigenvalue weighted by atomic mass is 10.0. The van der Waals surface area contributed by atoms with E-state index in [2.05, 4.69) is 45.1 Å². The molecule has 1 heterocycles. The molecular formula is C16H16BrNO. The molecule has 0 unspecified atom stereocenters. The van der Waals surface area contributed by atoms with Crippen molar-refractivity contribution < 1.29 is 5.11 Å². The molecule has 1 aliphatic rings. The van der Waals surface area contributed by atoms with Gasteiger partial charge in [-0.25, -0.2) is 0 Å². The SMILES string of the molecule is Oc1ccc(CN2CCCc3ccccc32)c(Br)c1. The van der Waals surface area contributed by atoms with Crippen LogP contribution in [0.1, 0.15) is 17.5 Å². The fourth-order valence-electron chi connectivity index (χ4n) is 2.65. The van der Waals surface area contributed by atoms with Gasteiger partial charge in [0.2, 0.25) is 0 Å². The van der Waals surface area contributed by atoms with Crippen molar-refractivity contribution in [1.82, 2.24) is 0 Å². The second-order valence-corrected chi connectivity index (χ2v) is 5.78. The van der Waals surface area contributed by atoms with Gasteiger partial charge >= 0.3 is 0 Å². The van der Waals surface area contributed by atoms with Crippen LogP contribution in [-0.2, 0) is 13.0 Å². The topological polar surface area (TPSA) is 23.5 Å². The minimum absolute atomic E-state index is 0.301. The predicted molar refractivity (Wildman–Crippen MR) is 81.6 cm³/mol. The third-order valence-corrected chi connectivity index (χ3v) is 4.34. The minimum Gasteiger partial charge on any atom is -0.508 e. The number of aromatic hydroxyl groups is 1.